The van der Waals surface area contributed by atoms with Gasteiger partial charge in [0.2, 0.25) is 10.0 Å². The molecule has 0 saturated heterocycles. The van der Waals surface area contributed by atoms with Crippen LogP contribution in [0.2, 0.25) is 0 Å². The Morgan fingerprint density at radius 2 is 1.96 bits per heavy atom. The molecule has 0 aliphatic carbocycles. The molecule has 0 aliphatic rings. The Hall–Kier alpha value is -2.64. The van der Waals surface area contributed by atoms with Gasteiger partial charge in [0.1, 0.15) is 17.3 Å². The quantitative estimate of drug-likeness (QED) is 0.559. The standard InChI is InChI=1S/C18H17NO5S/c1-12-6-7-15(23-12)11-19-25(21,22)16-8-9-17-14(10-16)4-3-5-18(17)24-13(2)20/h3-10,19H,11H2,1-2H3. The van der Waals surface area contributed by atoms with Crippen LogP contribution in [0.4, 0.5) is 0 Å². The lowest BCUT2D eigenvalue weighted by atomic mass is 10.1. The molecule has 130 valence electrons. The molecule has 0 atom stereocenters. The van der Waals surface area contributed by atoms with E-state index in [0.29, 0.717) is 22.3 Å². The van der Waals surface area contributed by atoms with Gasteiger partial charge in [-0.25, -0.2) is 13.1 Å². The predicted octanol–water partition coefficient (Wildman–Crippen LogP) is 3.15. The third-order valence-electron chi connectivity index (χ3n) is 3.61. The van der Waals surface area contributed by atoms with Crippen molar-refractivity contribution < 1.29 is 22.4 Å². The lowest BCUT2D eigenvalue weighted by Gasteiger charge is -2.09. The first kappa shape index (κ1) is 17.2. The minimum Gasteiger partial charge on any atom is -0.465 e. The highest BCUT2D eigenvalue weighted by molar-refractivity contribution is 7.89. The fraction of sp³-hybridized carbons (Fsp3) is 0.167. The normalized spacial score (nSPS) is 11.6. The van der Waals surface area contributed by atoms with E-state index in [0.717, 1.165) is 5.76 Å². The summed E-state index contributed by atoms with van der Waals surface area (Å²) in [7, 11) is -3.69. The number of rotatable bonds is 5. The monoisotopic (exact) mass is 359 g/mol. The molecular formula is C18H17NO5S. The second kappa shape index (κ2) is 6.70. The molecule has 3 aromatic rings. The molecule has 0 bridgehead atoms. The number of fused-ring (bicyclic) bond motifs is 1. The van der Waals surface area contributed by atoms with Gasteiger partial charge in [-0.2, -0.15) is 0 Å². The van der Waals surface area contributed by atoms with Gasteiger partial charge >= 0.3 is 5.97 Å². The zero-order valence-electron chi connectivity index (χ0n) is 13.8. The predicted molar refractivity (Wildman–Crippen MR) is 92.7 cm³/mol. The molecule has 1 heterocycles. The first-order valence-corrected chi connectivity index (χ1v) is 9.10. The van der Waals surface area contributed by atoms with Gasteiger partial charge < -0.3 is 9.15 Å². The van der Waals surface area contributed by atoms with Crippen LogP contribution in [0.5, 0.6) is 5.75 Å². The van der Waals surface area contributed by atoms with E-state index in [1.165, 1.54) is 19.1 Å². The Morgan fingerprint density at radius 3 is 2.64 bits per heavy atom. The van der Waals surface area contributed by atoms with Gasteiger partial charge in [0.25, 0.3) is 0 Å². The van der Waals surface area contributed by atoms with Crippen molar-refractivity contribution in [1.82, 2.24) is 4.72 Å². The zero-order valence-corrected chi connectivity index (χ0v) is 14.6. The van der Waals surface area contributed by atoms with Crippen LogP contribution in [0.3, 0.4) is 0 Å². The smallest absolute Gasteiger partial charge is 0.308 e. The molecular weight excluding hydrogens is 342 g/mol. The van der Waals surface area contributed by atoms with Gasteiger partial charge in [0.05, 0.1) is 11.4 Å². The van der Waals surface area contributed by atoms with Crippen LogP contribution in [-0.2, 0) is 21.4 Å². The molecule has 0 spiro atoms. The summed E-state index contributed by atoms with van der Waals surface area (Å²) in [6.45, 7) is 3.18. The first-order valence-electron chi connectivity index (χ1n) is 7.61. The molecule has 0 aliphatic heterocycles. The maximum Gasteiger partial charge on any atom is 0.308 e. The van der Waals surface area contributed by atoms with Crippen molar-refractivity contribution in [3.05, 3.63) is 60.1 Å². The van der Waals surface area contributed by atoms with Crippen molar-refractivity contribution in [2.45, 2.75) is 25.3 Å². The Morgan fingerprint density at radius 1 is 1.16 bits per heavy atom. The van der Waals surface area contributed by atoms with Crippen LogP contribution in [-0.4, -0.2) is 14.4 Å². The fourth-order valence-corrected chi connectivity index (χ4v) is 3.50. The number of carbonyl (C=O) groups excluding carboxylic acids is 1. The maximum atomic E-state index is 12.5. The van der Waals surface area contributed by atoms with Gasteiger partial charge in [-0.3, -0.25) is 4.79 Å². The molecule has 0 unspecified atom stereocenters. The first-order chi connectivity index (χ1) is 11.8. The van der Waals surface area contributed by atoms with Crippen molar-refractivity contribution in [2.24, 2.45) is 0 Å². The van der Waals surface area contributed by atoms with Gasteiger partial charge in [0, 0.05) is 12.3 Å². The number of furan rings is 1. The number of ether oxygens (including phenoxy) is 1. The zero-order chi connectivity index (χ0) is 18.0. The molecule has 25 heavy (non-hydrogen) atoms. The molecule has 3 rings (SSSR count). The molecule has 1 N–H and O–H groups in total. The lowest BCUT2D eigenvalue weighted by molar-refractivity contribution is -0.131. The minimum atomic E-state index is -3.69. The summed E-state index contributed by atoms with van der Waals surface area (Å²) in [6, 6.07) is 13.3. The van der Waals surface area contributed by atoms with E-state index in [-0.39, 0.29) is 11.4 Å². The van der Waals surface area contributed by atoms with Crippen LogP contribution >= 0.6 is 0 Å². The third-order valence-corrected chi connectivity index (χ3v) is 5.01. The summed E-state index contributed by atoms with van der Waals surface area (Å²) in [5.74, 6) is 1.23. The second-order valence-electron chi connectivity index (χ2n) is 5.57. The van der Waals surface area contributed by atoms with Crippen LogP contribution in [0, 0.1) is 6.92 Å². The largest absolute Gasteiger partial charge is 0.465 e. The summed E-state index contributed by atoms with van der Waals surface area (Å²) < 4.78 is 38.0. The molecule has 6 nitrogen and oxygen atoms in total. The number of esters is 1. The SMILES string of the molecule is CC(=O)Oc1cccc2cc(S(=O)(=O)NCc3ccc(C)o3)ccc12. The van der Waals surface area contributed by atoms with Gasteiger partial charge in [-0.05, 0) is 48.7 Å². The number of nitrogens with one attached hydrogen (secondary N) is 1. The summed E-state index contributed by atoms with van der Waals surface area (Å²) in [5.41, 5.74) is 0. The summed E-state index contributed by atoms with van der Waals surface area (Å²) in [5, 5.41) is 1.33. The average Bonchev–Trinajstić information content (AvgIpc) is 2.98. The van der Waals surface area contributed by atoms with Crippen LogP contribution in [0.1, 0.15) is 18.4 Å². The van der Waals surface area contributed by atoms with Gasteiger partial charge in [0.15, 0.2) is 0 Å². The van der Waals surface area contributed by atoms with Gasteiger partial charge in [-0.15, -0.1) is 0 Å². The highest BCUT2D eigenvalue weighted by atomic mass is 32.2. The van der Waals surface area contributed by atoms with Crippen molar-refractivity contribution >= 4 is 26.8 Å². The highest BCUT2D eigenvalue weighted by Crippen LogP contribution is 2.28. The molecule has 0 fully saturated rings. The van der Waals surface area contributed by atoms with Gasteiger partial charge in [-0.1, -0.05) is 12.1 Å². The number of sulfonamides is 1. The Bertz CT molecular complexity index is 1040. The number of aryl methyl sites for hydroxylation is 1. The number of hydrogen-bond donors (Lipinski definition) is 1. The highest BCUT2D eigenvalue weighted by Gasteiger charge is 2.16. The topological polar surface area (TPSA) is 85.6 Å². The van der Waals surface area contributed by atoms with Crippen LogP contribution in [0.15, 0.2) is 57.8 Å². The summed E-state index contributed by atoms with van der Waals surface area (Å²) in [4.78, 5) is 11.3. The van der Waals surface area contributed by atoms with E-state index >= 15 is 0 Å². The number of benzene rings is 2. The average molecular weight is 359 g/mol. The van der Waals surface area contributed by atoms with Crippen molar-refractivity contribution in [3.63, 3.8) is 0 Å². The summed E-state index contributed by atoms with van der Waals surface area (Å²) in [6.07, 6.45) is 0. The fourth-order valence-electron chi connectivity index (χ4n) is 2.47. The minimum absolute atomic E-state index is 0.0711. The van der Waals surface area contributed by atoms with Crippen molar-refractivity contribution in [1.29, 1.82) is 0 Å². The molecule has 0 amide bonds. The molecule has 0 radical (unpaired) electrons. The van der Waals surface area contributed by atoms with E-state index in [4.69, 9.17) is 9.15 Å². The Labute approximate surface area is 145 Å². The lowest BCUT2D eigenvalue weighted by Crippen LogP contribution is -2.23. The van der Waals surface area contributed by atoms with E-state index < -0.39 is 16.0 Å². The second-order valence-corrected chi connectivity index (χ2v) is 7.34. The van der Waals surface area contributed by atoms with Crippen molar-refractivity contribution in [2.75, 3.05) is 0 Å². The number of carbonyl (C=O) groups is 1. The molecule has 2 aromatic carbocycles. The maximum absolute atomic E-state index is 12.5. The van der Waals surface area contributed by atoms with E-state index in [1.54, 1.807) is 43.3 Å². The van der Waals surface area contributed by atoms with E-state index in [2.05, 4.69) is 4.72 Å². The van der Waals surface area contributed by atoms with Crippen LogP contribution in [0.25, 0.3) is 10.8 Å². The van der Waals surface area contributed by atoms with Crippen molar-refractivity contribution in [3.8, 4) is 5.75 Å². The number of hydrogen-bond acceptors (Lipinski definition) is 5. The summed E-state index contributed by atoms with van der Waals surface area (Å²) >= 11 is 0. The Balaban J connectivity index is 1.88. The molecule has 7 heteroatoms. The Kier molecular flexibility index (Phi) is 4.61. The molecule has 0 saturated carbocycles. The van der Waals surface area contributed by atoms with E-state index in [1.807, 2.05) is 0 Å². The van der Waals surface area contributed by atoms with Crippen LogP contribution < -0.4 is 9.46 Å². The van der Waals surface area contributed by atoms with E-state index in [9.17, 15) is 13.2 Å². The molecule has 1 aromatic heterocycles. The third kappa shape index (κ3) is 3.89.